The number of esters is 1. The lowest BCUT2D eigenvalue weighted by Gasteiger charge is -2.39. The summed E-state index contributed by atoms with van der Waals surface area (Å²) in [6.07, 6.45) is 3.06. The van der Waals surface area contributed by atoms with Gasteiger partial charge in [-0.2, -0.15) is 0 Å². The molecule has 2 fully saturated rings. The summed E-state index contributed by atoms with van der Waals surface area (Å²) >= 11 is 0. The predicted octanol–water partition coefficient (Wildman–Crippen LogP) is 0.252. The number of carbonyl (C=O) groups is 1. The zero-order valence-corrected chi connectivity index (χ0v) is 11.2. The molecule has 0 aromatic rings. The van der Waals surface area contributed by atoms with Crippen LogP contribution in [0.25, 0.3) is 0 Å². The lowest BCUT2D eigenvalue weighted by Crippen LogP contribution is -2.48. The fourth-order valence-electron chi connectivity index (χ4n) is 2.66. The average Bonchev–Trinajstić information content (AvgIpc) is 2.37. The van der Waals surface area contributed by atoms with E-state index in [4.69, 9.17) is 9.47 Å². The van der Waals surface area contributed by atoms with E-state index in [-0.39, 0.29) is 11.4 Å². The first-order chi connectivity index (χ1) is 8.77. The fraction of sp³-hybridized carbons (Fsp3) is 0.923. The summed E-state index contributed by atoms with van der Waals surface area (Å²) < 4.78 is 10.2. The summed E-state index contributed by atoms with van der Waals surface area (Å²) in [6.45, 7) is 6.43. The first kappa shape index (κ1) is 13.8. The van der Waals surface area contributed by atoms with Gasteiger partial charge in [0.15, 0.2) is 0 Å². The van der Waals surface area contributed by atoms with E-state index < -0.39 is 0 Å². The number of hydrogen-bond donors (Lipinski definition) is 1. The summed E-state index contributed by atoms with van der Waals surface area (Å²) in [5, 5.41) is 3.41. The van der Waals surface area contributed by atoms with Crippen LogP contribution in [0.4, 0.5) is 0 Å². The quantitative estimate of drug-likeness (QED) is 0.545. The Morgan fingerprint density at radius 3 is 2.67 bits per heavy atom. The van der Waals surface area contributed by atoms with Crippen LogP contribution in [0.15, 0.2) is 0 Å². The van der Waals surface area contributed by atoms with E-state index in [0.29, 0.717) is 0 Å². The maximum absolute atomic E-state index is 11.7. The average molecular weight is 256 g/mol. The third-order valence-corrected chi connectivity index (χ3v) is 4.10. The monoisotopic (exact) mass is 256 g/mol. The van der Waals surface area contributed by atoms with Gasteiger partial charge in [0.2, 0.25) is 0 Å². The largest absolute Gasteiger partial charge is 0.469 e. The molecule has 0 aromatic heterocycles. The number of morpholine rings is 1. The number of hydrogen-bond acceptors (Lipinski definition) is 5. The summed E-state index contributed by atoms with van der Waals surface area (Å²) in [5.74, 6) is -0.0485. The van der Waals surface area contributed by atoms with E-state index in [0.717, 1.165) is 65.2 Å². The topological polar surface area (TPSA) is 50.8 Å². The molecule has 0 aromatic carbocycles. The van der Waals surface area contributed by atoms with Crippen molar-refractivity contribution < 1.29 is 14.3 Å². The number of rotatable bonds is 6. The standard InChI is InChI=1S/C13H24N2O3/c1-17-12(16)13(3-2-4-13)11-14-5-6-15-7-9-18-10-8-15/h14H,2-11H2,1H3. The maximum atomic E-state index is 11.7. The van der Waals surface area contributed by atoms with E-state index in [9.17, 15) is 4.79 Å². The van der Waals surface area contributed by atoms with Gasteiger partial charge in [0.05, 0.1) is 25.7 Å². The molecule has 1 saturated heterocycles. The zero-order valence-electron chi connectivity index (χ0n) is 11.2. The zero-order chi connectivity index (χ0) is 12.8. The highest BCUT2D eigenvalue weighted by Crippen LogP contribution is 2.41. The van der Waals surface area contributed by atoms with Crippen LogP contribution in [0.1, 0.15) is 19.3 Å². The molecule has 0 unspecified atom stereocenters. The van der Waals surface area contributed by atoms with Crippen LogP contribution in [0.2, 0.25) is 0 Å². The first-order valence-electron chi connectivity index (χ1n) is 6.86. The Balaban J connectivity index is 1.63. The second kappa shape index (κ2) is 6.50. The Morgan fingerprint density at radius 1 is 1.39 bits per heavy atom. The molecule has 2 rings (SSSR count). The molecule has 0 bridgehead atoms. The van der Waals surface area contributed by atoms with Crippen molar-refractivity contribution >= 4 is 5.97 Å². The minimum atomic E-state index is -0.236. The molecule has 104 valence electrons. The second-order valence-electron chi connectivity index (χ2n) is 5.26. The van der Waals surface area contributed by atoms with Gasteiger partial charge in [0.25, 0.3) is 0 Å². The van der Waals surface area contributed by atoms with Gasteiger partial charge in [-0.3, -0.25) is 9.69 Å². The molecule has 1 heterocycles. The highest BCUT2D eigenvalue weighted by molar-refractivity contribution is 5.78. The Hall–Kier alpha value is -0.650. The predicted molar refractivity (Wildman–Crippen MR) is 68.4 cm³/mol. The van der Waals surface area contributed by atoms with E-state index in [1.165, 1.54) is 7.11 Å². The van der Waals surface area contributed by atoms with Crippen LogP contribution in [-0.2, 0) is 14.3 Å². The van der Waals surface area contributed by atoms with E-state index in [1.54, 1.807) is 0 Å². The Kier molecular flexibility index (Phi) is 4.97. The van der Waals surface area contributed by atoms with Crippen molar-refractivity contribution in [3.05, 3.63) is 0 Å². The third-order valence-electron chi connectivity index (χ3n) is 4.10. The molecule has 1 saturated carbocycles. The molecule has 1 aliphatic heterocycles. The third kappa shape index (κ3) is 3.22. The van der Waals surface area contributed by atoms with Crippen molar-refractivity contribution in [2.45, 2.75) is 19.3 Å². The lowest BCUT2D eigenvalue weighted by molar-refractivity contribution is -0.158. The Bertz CT molecular complexity index is 273. The van der Waals surface area contributed by atoms with Crippen LogP contribution >= 0.6 is 0 Å². The molecule has 5 nitrogen and oxygen atoms in total. The van der Waals surface area contributed by atoms with Crippen molar-refractivity contribution in [2.75, 3.05) is 53.0 Å². The second-order valence-corrected chi connectivity index (χ2v) is 5.26. The normalized spacial score (nSPS) is 23.4. The molecule has 1 aliphatic carbocycles. The SMILES string of the molecule is COC(=O)C1(CNCCN2CCOCC2)CCC1. The minimum Gasteiger partial charge on any atom is -0.469 e. The number of nitrogens with zero attached hydrogens (tertiary/aromatic N) is 1. The lowest BCUT2D eigenvalue weighted by atomic mass is 9.68. The van der Waals surface area contributed by atoms with Crippen LogP contribution < -0.4 is 5.32 Å². The van der Waals surface area contributed by atoms with E-state index >= 15 is 0 Å². The van der Waals surface area contributed by atoms with Gasteiger partial charge >= 0.3 is 5.97 Å². The number of nitrogens with one attached hydrogen (secondary N) is 1. The molecular weight excluding hydrogens is 232 g/mol. The maximum Gasteiger partial charge on any atom is 0.313 e. The van der Waals surface area contributed by atoms with Crippen molar-refractivity contribution in [1.82, 2.24) is 10.2 Å². The molecule has 0 amide bonds. The summed E-state index contributed by atoms with van der Waals surface area (Å²) in [6, 6.07) is 0. The van der Waals surface area contributed by atoms with Gasteiger partial charge in [-0.1, -0.05) is 6.42 Å². The van der Waals surface area contributed by atoms with Crippen molar-refractivity contribution in [3.8, 4) is 0 Å². The summed E-state index contributed by atoms with van der Waals surface area (Å²) in [4.78, 5) is 14.1. The van der Waals surface area contributed by atoms with Crippen LogP contribution in [0.5, 0.6) is 0 Å². The van der Waals surface area contributed by atoms with Gasteiger partial charge in [-0.05, 0) is 12.8 Å². The summed E-state index contributed by atoms with van der Waals surface area (Å²) in [7, 11) is 1.48. The molecule has 0 radical (unpaired) electrons. The van der Waals surface area contributed by atoms with Crippen LogP contribution in [-0.4, -0.2) is 63.9 Å². The molecule has 1 N–H and O–H groups in total. The fourth-order valence-corrected chi connectivity index (χ4v) is 2.66. The van der Waals surface area contributed by atoms with E-state index in [2.05, 4.69) is 10.2 Å². The van der Waals surface area contributed by atoms with Crippen LogP contribution in [0.3, 0.4) is 0 Å². The molecule has 0 atom stereocenters. The van der Waals surface area contributed by atoms with Crippen LogP contribution in [0, 0.1) is 5.41 Å². The van der Waals surface area contributed by atoms with Crippen molar-refractivity contribution in [2.24, 2.45) is 5.41 Å². The van der Waals surface area contributed by atoms with Gasteiger partial charge in [0, 0.05) is 32.7 Å². The molecular formula is C13H24N2O3. The molecule has 18 heavy (non-hydrogen) atoms. The van der Waals surface area contributed by atoms with Gasteiger partial charge in [-0.25, -0.2) is 0 Å². The van der Waals surface area contributed by atoms with Gasteiger partial charge < -0.3 is 14.8 Å². The number of carbonyl (C=O) groups excluding carboxylic acids is 1. The Morgan fingerprint density at radius 2 is 2.11 bits per heavy atom. The van der Waals surface area contributed by atoms with Crippen molar-refractivity contribution in [3.63, 3.8) is 0 Å². The Labute approximate surface area is 109 Å². The smallest absolute Gasteiger partial charge is 0.313 e. The highest BCUT2D eigenvalue weighted by Gasteiger charge is 2.44. The minimum absolute atomic E-state index is 0.0485. The summed E-state index contributed by atoms with van der Waals surface area (Å²) in [5.41, 5.74) is -0.236. The van der Waals surface area contributed by atoms with Gasteiger partial charge in [0.1, 0.15) is 0 Å². The van der Waals surface area contributed by atoms with Gasteiger partial charge in [-0.15, -0.1) is 0 Å². The van der Waals surface area contributed by atoms with Crippen molar-refractivity contribution in [1.29, 1.82) is 0 Å². The molecule has 0 spiro atoms. The molecule has 5 heteroatoms. The number of ether oxygens (including phenoxy) is 2. The first-order valence-corrected chi connectivity index (χ1v) is 6.86. The van der Waals surface area contributed by atoms with E-state index in [1.807, 2.05) is 0 Å². The highest BCUT2D eigenvalue weighted by atomic mass is 16.5. The molecule has 2 aliphatic rings. The number of methoxy groups -OCH3 is 1.